The van der Waals surface area contributed by atoms with Crippen molar-refractivity contribution in [2.75, 3.05) is 30.7 Å². The van der Waals surface area contributed by atoms with Gasteiger partial charge in [0.2, 0.25) is 5.88 Å². The summed E-state index contributed by atoms with van der Waals surface area (Å²) in [6.45, 7) is 4.94. The van der Waals surface area contributed by atoms with Gasteiger partial charge in [0.1, 0.15) is 12.0 Å². The lowest BCUT2D eigenvalue weighted by atomic mass is 10.2. The van der Waals surface area contributed by atoms with Crippen LogP contribution in [0.1, 0.15) is 32.6 Å². The fourth-order valence-corrected chi connectivity index (χ4v) is 2.68. The molecule has 1 saturated carbocycles. The number of nitrogens with zero attached hydrogens (tertiary/aromatic N) is 3. The Morgan fingerprint density at radius 3 is 3.00 bits per heavy atom. The number of anilines is 2. The maximum Gasteiger partial charge on any atom is 0.242 e. The maximum absolute atomic E-state index is 6.08. The predicted molar refractivity (Wildman–Crippen MR) is 78.9 cm³/mol. The Balaban J connectivity index is 1.62. The van der Waals surface area contributed by atoms with E-state index in [1.807, 2.05) is 0 Å². The molecule has 110 valence electrons. The maximum atomic E-state index is 6.08. The molecule has 1 unspecified atom stereocenters. The summed E-state index contributed by atoms with van der Waals surface area (Å²) in [5, 5.41) is 3.44. The van der Waals surface area contributed by atoms with Crippen molar-refractivity contribution >= 4 is 11.5 Å². The van der Waals surface area contributed by atoms with Crippen molar-refractivity contribution in [3.05, 3.63) is 6.33 Å². The topological polar surface area (TPSA) is 76.3 Å². The number of nitrogens with two attached hydrogens (primary N) is 1. The second-order valence-corrected chi connectivity index (χ2v) is 5.65. The van der Waals surface area contributed by atoms with E-state index in [1.165, 1.54) is 25.7 Å². The molecule has 1 aliphatic heterocycles. The van der Waals surface area contributed by atoms with Gasteiger partial charge in [0.15, 0.2) is 5.82 Å². The van der Waals surface area contributed by atoms with Gasteiger partial charge in [-0.15, -0.1) is 0 Å². The highest BCUT2D eigenvalue weighted by atomic mass is 16.5. The Kier molecular flexibility index (Phi) is 3.91. The molecule has 20 heavy (non-hydrogen) atoms. The third-order valence-corrected chi connectivity index (χ3v) is 3.91. The smallest absolute Gasteiger partial charge is 0.242 e. The molecular formula is C14H23N5O. The van der Waals surface area contributed by atoms with Crippen molar-refractivity contribution in [1.29, 1.82) is 0 Å². The van der Waals surface area contributed by atoms with Gasteiger partial charge in [0.25, 0.3) is 0 Å². The van der Waals surface area contributed by atoms with Crippen molar-refractivity contribution in [1.82, 2.24) is 14.9 Å². The van der Waals surface area contributed by atoms with Crippen LogP contribution < -0.4 is 15.8 Å². The summed E-state index contributed by atoms with van der Waals surface area (Å²) >= 11 is 0. The van der Waals surface area contributed by atoms with Crippen LogP contribution in [0.3, 0.4) is 0 Å². The van der Waals surface area contributed by atoms with Crippen LogP contribution in [-0.4, -0.2) is 46.6 Å². The molecule has 0 aromatic carbocycles. The molecule has 3 rings (SSSR count). The minimum absolute atomic E-state index is 0.423. The van der Waals surface area contributed by atoms with E-state index >= 15 is 0 Å². The van der Waals surface area contributed by atoms with Gasteiger partial charge >= 0.3 is 0 Å². The highest BCUT2D eigenvalue weighted by Crippen LogP contribution is 2.31. The van der Waals surface area contributed by atoms with Crippen LogP contribution in [0, 0.1) is 0 Å². The van der Waals surface area contributed by atoms with Gasteiger partial charge < -0.3 is 15.8 Å². The van der Waals surface area contributed by atoms with Crippen molar-refractivity contribution in [3.8, 4) is 5.88 Å². The lowest BCUT2D eigenvalue weighted by Crippen LogP contribution is -2.28. The van der Waals surface area contributed by atoms with Gasteiger partial charge in [0, 0.05) is 25.2 Å². The number of nitrogen functional groups attached to an aromatic ring is 1. The zero-order chi connectivity index (χ0) is 13.9. The largest absolute Gasteiger partial charge is 0.476 e. The lowest BCUT2D eigenvalue weighted by molar-refractivity contribution is 0.306. The molecule has 2 aliphatic rings. The molecule has 0 amide bonds. The molecule has 6 heteroatoms. The van der Waals surface area contributed by atoms with Crippen LogP contribution in [-0.2, 0) is 0 Å². The highest BCUT2D eigenvalue weighted by Gasteiger charge is 2.34. The third kappa shape index (κ3) is 2.95. The fourth-order valence-electron chi connectivity index (χ4n) is 2.68. The Hall–Kier alpha value is -1.56. The zero-order valence-electron chi connectivity index (χ0n) is 12.0. The number of nitrogens with one attached hydrogen (secondary N) is 1. The van der Waals surface area contributed by atoms with E-state index in [2.05, 4.69) is 27.1 Å². The zero-order valence-corrected chi connectivity index (χ0v) is 12.0. The summed E-state index contributed by atoms with van der Waals surface area (Å²) in [5.74, 6) is 1.19. The van der Waals surface area contributed by atoms with Crippen LogP contribution >= 0.6 is 0 Å². The number of hydrogen-bond donors (Lipinski definition) is 2. The lowest BCUT2D eigenvalue weighted by Gasteiger charge is -2.17. The molecule has 1 aromatic rings. The van der Waals surface area contributed by atoms with Gasteiger partial charge in [-0.3, -0.25) is 4.90 Å². The van der Waals surface area contributed by atoms with Crippen molar-refractivity contribution < 1.29 is 4.74 Å². The average molecular weight is 277 g/mol. The summed E-state index contributed by atoms with van der Waals surface area (Å²) in [5.41, 5.74) is 6.60. The summed E-state index contributed by atoms with van der Waals surface area (Å²) in [6, 6.07) is 1.25. The van der Waals surface area contributed by atoms with E-state index in [0.29, 0.717) is 30.0 Å². The van der Waals surface area contributed by atoms with Crippen LogP contribution in [0.2, 0.25) is 0 Å². The van der Waals surface area contributed by atoms with E-state index in [-0.39, 0.29) is 0 Å². The Morgan fingerprint density at radius 1 is 1.40 bits per heavy atom. The second-order valence-electron chi connectivity index (χ2n) is 5.65. The molecule has 2 heterocycles. The van der Waals surface area contributed by atoms with E-state index < -0.39 is 0 Å². The molecule has 3 N–H and O–H groups in total. The van der Waals surface area contributed by atoms with Crippen LogP contribution in [0.5, 0.6) is 5.88 Å². The number of rotatable bonds is 6. The van der Waals surface area contributed by atoms with Crippen molar-refractivity contribution in [2.45, 2.75) is 44.7 Å². The first-order valence-electron chi connectivity index (χ1n) is 7.51. The molecule has 1 aromatic heterocycles. The van der Waals surface area contributed by atoms with Crippen LogP contribution in [0.15, 0.2) is 6.33 Å². The van der Waals surface area contributed by atoms with E-state index in [4.69, 9.17) is 10.5 Å². The summed E-state index contributed by atoms with van der Waals surface area (Å²) in [6.07, 6.45) is 6.31. The highest BCUT2D eigenvalue weighted by molar-refractivity contribution is 5.66. The standard InChI is InChI=1S/C14H23N5O/c1-2-7-20-14-12(15)13(16-9-17-14)18-10-5-6-19(8-10)11-3-4-11/h9-11H,2-8,15H2,1H3,(H,16,17,18). The number of ether oxygens (including phenoxy) is 1. The predicted octanol–water partition coefficient (Wildman–Crippen LogP) is 1.50. The van der Waals surface area contributed by atoms with E-state index in [9.17, 15) is 0 Å². The summed E-state index contributed by atoms with van der Waals surface area (Å²) in [7, 11) is 0. The average Bonchev–Trinajstić information content (AvgIpc) is 3.20. The van der Waals surface area contributed by atoms with E-state index in [1.54, 1.807) is 0 Å². The minimum Gasteiger partial charge on any atom is -0.476 e. The number of likely N-dealkylation sites (tertiary alicyclic amines) is 1. The van der Waals surface area contributed by atoms with Crippen LogP contribution in [0.25, 0.3) is 0 Å². The number of aromatic nitrogens is 2. The van der Waals surface area contributed by atoms with Gasteiger partial charge in [-0.25, -0.2) is 4.98 Å². The first kappa shape index (κ1) is 13.4. The quantitative estimate of drug-likeness (QED) is 0.820. The Morgan fingerprint density at radius 2 is 2.25 bits per heavy atom. The molecule has 0 radical (unpaired) electrons. The van der Waals surface area contributed by atoms with Crippen molar-refractivity contribution in [3.63, 3.8) is 0 Å². The molecule has 6 nitrogen and oxygen atoms in total. The molecule has 2 fully saturated rings. The normalized spacial score (nSPS) is 22.9. The fraction of sp³-hybridized carbons (Fsp3) is 0.714. The number of hydrogen-bond acceptors (Lipinski definition) is 6. The first-order valence-corrected chi connectivity index (χ1v) is 7.51. The third-order valence-electron chi connectivity index (χ3n) is 3.91. The van der Waals surface area contributed by atoms with Gasteiger partial charge in [-0.1, -0.05) is 6.92 Å². The monoisotopic (exact) mass is 277 g/mol. The first-order chi connectivity index (χ1) is 9.78. The SMILES string of the molecule is CCCOc1ncnc(NC2CCN(C3CC3)C2)c1N. The second kappa shape index (κ2) is 5.83. The van der Waals surface area contributed by atoms with Gasteiger partial charge in [-0.05, 0) is 25.7 Å². The minimum atomic E-state index is 0.423. The van der Waals surface area contributed by atoms with Gasteiger partial charge in [-0.2, -0.15) is 4.98 Å². The van der Waals surface area contributed by atoms with Gasteiger partial charge in [0.05, 0.1) is 6.61 Å². The molecular weight excluding hydrogens is 254 g/mol. The van der Waals surface area contributed by atoms with Crippen LogP contribution in [0.4, 0.5) is 11.5 Å². The molecule has 0 bridgehead atoms. The molecule has 0 spiro atoms. The Labute approximate surface area is 119 Å². The summed E-state index contributed by atoms with van der Waals surface area (Å²) in [4.78, 5) is 10.9. The van der Waals surface area contributed by atoms with E-state index in [0.717, 1.165) is 25.4 Å². The molecule has 1 saturated heterocycles. The molecule has 1 atom stereocenters. The molecule has 1 aliphatic carbocycles. The van der Waals surface area contributed by atoms with Crippen molar-refractivity contribution in [2.24, 2.45) is 0 Å². The Bertz CT molecular complexity index is 463. The summed E-state index contributed by atoms with van der Waals surface area (Å²) < 4.78 is 5.53.